The van der Waals surface area contributed by atoms with Crippen LogP contribution in [0.15, 0.2) is 42.5 Å². The highest BCUT2D eigenvalue weighted by molar-refractivity contribution is 6.33. The third kappa shape index (κ3) is 3.95. The van der Waals surface area contributed by atoms with E-state index >= 15 is 0 Å². The van der Waals surface area contributed by atoms with Gasteiger partial charge in [0, 0.05) is 18.7 Å². The summed E-state index contributed by atoms with van der Waals surface area (Å²) in [5, 5.41) is 0.293. The molecule has 0 unspecified atom stereocenters. The summed E-state index contributed by atoms with van der Waals surface area (Å²) in [5.74, 6) is -1.56. The number of anilines is 1. The van der Waals surface area contributed by atoms with Crippen LogP contribution >= 0.6 is 11.6 Å². The first-order valence-electron chi connectivity index (χ1n) is 8.59. The van der Waals surface area contributed by atoms with Crippen molar-refractivity contribution in [2.75, 3.05) is 11.4 Å². The Balaban J connectivity index is 1.63. The minimum absolute atomic E-state index is 0.0984. The van der Waals surface area contributed by atoms with Crippen molar-refractivity contribution in [3.8, 4) is 0 Å². The maximum absolute atomic E-state index is 12.4. The SMILES string of the molecule is Cc1cccc(N2C[C@@H](C(=O)NNC(=O)c3ccccc3Cl)CC2=O)c1C. The van der Waals surface area contributed by atoms with Gasteiger partial charge in [-0.1, -0.05) is 35.9 Å². The molecule has 2 N–H and O–H groups in total. The number of benzene rings is 2. The maximum atomic E-state index is 12.4. The van der Waals surface area contributed by atoms with E-state index in [0.29, 0.717) is 5.02 Å². The summed E-state index contributed by atoms with van der Waals surface area (Å²) in [6.07, 6.45) is 0.0984. The number of hydrogen-bond acceptors (Lipinski definition) is 3. The van der Waals surface area contributed by atoms with Gasteiger partial charge < -0.3 is 4.90 Å². The van der Waals surface area contributed by atoms with Gasteiger partial charge >= 0.3 is 0 Å². The second-order valence-electron chi connectivity index (χ2n) is 6.55. The molecule has 2 aromatic carbocycles. The Kier molecular flexibility index (Phi) is 5.46. The summed E-state index contributed by atoms with van der Waals surface area (Å²) in [5.41, 5.74) is 7.92. The standard InChI is InChI=1S/C20H20ClN3O3/c1-12-6-5-9-17(13(12)2)24-11-14(10-18(24)25)19(26)22-23-20(27)15-7-3-4-8-16(15)21/h3-9,14H,10-11H2,1-2H3,(H,22,26)(H,23,27)/t14-/m0/s1. The lowest BCUT2D eigenvalue weighted by Gasteiger charge is -2.20. The molecule has 140 valence electrons. The highest BCUT2D eigenvalue weighted by atomic mass is 35.5. The Labute approximate surface area is 162 Å². The number of carbonyl (C=O) groups excluding carboxylic acids is 3. The summed E-state index contributed by atoms with van der Waals surface area (Å²) < 4.78 is 0. The second-order valence-corrected chi connectivity index (χ2v) is 6.95. The van der Waals surface area contributed by atoms with Gasteiger partial charge in [-0.3, -0.25) is 25.2 Å². The van der Waals surface area contributed by atoms with Crippen LogP contribution in [0.4, 0.5) is 5.69 Å². The van der Waals surface area contributed by atoms with Crippen molar-refractivity contribution >= 4 is 35.0 Å². The molecule has 3 rings (SSSR count). The number of nitrogens with zero attached hydrogens (tertiary/aromatic N) is 1. The van der Waals surface area contributed by atoms with Crippen LogP contribution in [0.25, 0.3) is 0 Å². The van der Waals surface area contributed by atoms with Crippen LogP contribution in [0.2, 0.25) is 5.02 Å². The molecule has 1 atom stereocenters. The summed E-state index contributed by atoms with van der Waals surface area (Å²) >= 11 is 5.97. The summed E-state index contributed by atoms with van der Waals surface area (Å²) in [6, 6.07) is 12.3. The molecule has 6 nitrogen and oxygen atoms in total. The summed E-state index contributed by atoms with van der Waals surface area (Å²) in [4.78, 5) is 38.6. The average molecular weight is 386 g/mol. The molecule has 1 saturated heterocycles. The van der Waals surface area contributed by atoms with Crippen LogP contribution < -0.4 is 15.8 Å². The summed E-state index contributed by atoms with van der Waals surface area (Å²) in [6.45, 7) is 4.21. The number of hydrazine groups is 1. The van der Waals surface area contributed by atoms with Gasteiger partial charge in [0.05, 0.1) is 16.5 Å². The number of hydrogen-bond donors (Lipinski definition) is 2. The average Bonchev–Trinajstić information content (AvgIpc) is 3.04. The van der Waals surface area contributed by atoms with E-state index in [-0.39, 0.29) is 24.4 Å². The molecule has 1 aliphatic rings. The van der Waals surface area contributed by atoms with Crippen molar-refractivity contribution < 1.29 is 14.4 Å². The van der Waals surface area contributed by atoms with Crippen molar-refractivity contribution in [1.82, 2.24) is 10.9 Å². The fraction of sp³-hybridized carbons (Fsp3) is 0.250. The lowest BCUT2D eigenvalue weighted by Crippen LogP contribution is -2.45. The fourth-order valence-corrected chi connectivity index (χ4v) is 3.30. The molecule has 3 amide bonds. The van der Waals surface area contributed by atoms with Crippen molar-refractivity contribution in [2.45, 2.75) is 20.3 Å². The monoisotopic (exact) mass is 385 g/mol. The zero-order valence-corrected chi connectivity index (χ0v) is 15.8. The highest BCUT2D eigenvalue weighted by Gasteiger charge is 2.36. The number of carbonyl (C=O) groups is 3. The van der Waals surface area contributed by atoms with Gasteiger partial charge in [-0.25, -0.2) is 0 Å². The first kappa shape index (κ1) is 18.9. The Hall–Kier alpha value is -2.86. The van der Waals surface area contributed by atoms with Gasteiger partial charge in [0.2, 0.25) is 11.8 Å². The van der Waals surface area contributed by atoms with Crippen LogP contribution in [0.1, 0.15) is 27.9 Å². The Morgan fingerprint density at radius 3 is 2.56 bits per heavy atom. The molecular formula is C20H20ClN3O3. The zero-order valence-electron chi connectivity index (χ0n) is 15.1. The molecule has 0 radical (unpaired) electrons. The van der Waals surface area contributed by atoms with Crippen LogP contribution in [-0.2, 0) is 9.59 Å². The van der Waals surface area contributed by atoms with Crippen LogP contribution in [0.3, 0.4) is 0 Å². The van der Waals surface area contributed by atoms with Gasteiger partial charge in [-0.2, -0.15) is 0 Å². The third-order valence-electron chi connectivity index (χ3n) is 4.78. The molecule has 27 heavy (non-hydrogen) atoms. The Morgan fingerprint density at radius 2 is 1.81 bits per heavy atom. The minimum atomic E-state index is -0.538. The Bertz CT molecular complexity index is 913. The quantitative estimate of drug-likeness (QED) is 0.797. The predicted molar refractivity (Wildman–Crippen MR) is 103 cm³/mol. The van der Waals surface area contributed by atoms with E-state index in [1.54, 1.807) is 29.2 Å². The van der Waals surface area contributed by atoms with Crippen molar-refractivity contribution in [1.29, 1.82) is 0 Å². The first-order valence-corrected chi connectivity index (χ1v) is 8.97. The van der Waals surface area contributed by atoms with Crippen molar-refractivity contribution in [3.63, 3.8) is 0 Å². The maximum Gasteiger partial charge on any atom is 0.271 e. The van der Waals surface area contributed by atoms with E-state index in [9.17, 15) is 14.4 Å². The van der Waals surface area contributed by atoms with Gasteiger partial charge in [-0.05, 0) is 43.2 Å². The molecule has 0 aliphatic carbocycles. The Morgan fingerprint density at radius 1 is 1.07 bits per heavy atom. The van der Waals surface area contributed by atoms with E-state index in [4.69, 9.17) is 11.6 Å². The lowest BCUT2D eigenvalue weighted by atomic mass is 10.1. The number of nitrogens with one attached hydrogen (secondary N) is 2. The number of halogens is 1. The van der Waals surface area contributed by atoms with Crippen LogP contribution in [0.5, 0.6) is 0 Å². The van der Waals surface area contributed by atoms with E-state index in [1.807, 2.05) is 32.0 Å². The summed E-state index contributed by atoms with van der Waals surface area (Å²) in [7, 11) is 0. The van der Waals surface area contributed by atoms with E-state index in [0.717, 1.165) is 16.8 Å². The van der Waals surface area contributed by atoms with Crippen molar-refractivity contribution in [2.24, 2.45) is 5.92 Å². The number of amides is 3. The van der Waals surface area contributed by atoms with Gasteiger partial charge in [-0.15, -0.1) is 0 Å². The molecule has 0 saturated carbocycles. The molecule has 2 aromatic rings. The van der Waals surface area contributed by atoms with E-state index < -0.39 is 17.7 Å². The van der Waals surface area contributed by atoms with Gasteiger partial charge in [0.15, 0.2) is 0 Å². The molecule has 1 heterocycles. The normalized spacial score (nSPS) is 16.3. The van der Waals surface area contributed by atoms with E-state index in [2.05, 4.69) is 10.9 Å². The number of rotatable bonds is 3. The molecular weight excluding hydrogens is 366 g/mol. The molecule has 1 aliphatic heterocycles. The molecule has 0 aromatic heterocycles. The highest BCUT2D eigenvalue weighted by Crippen LogP contribution is 2.29. The van der Waals surface area contributed by atoms with Gasteiger partial charge in [0.1, 0.15) is 0 Å². The minimum Gasteiger partial charge on any atom is -0.311 e. The largest absolute Gasteiger partial charge is 0.311 e. The molecule has 0 bridgehead atoms. The molecule has 7 heteroatoms. The first-order chi connectivity index (χ1) is 12.9. The van der Waals surface area contributed by atoms with Crippen LogP contribution in [-0.4, -0.2) is 24.3 Å². The smallest absolute Gasteiger partial charge is 0.271 e. The lowest BCUT2D eigenvalue weighted by molar-refractivity contribution is -0.126. The molecule has 1 fully saturated rings. The predicted octanol–water partition coefficient (Wildman–Crippen LogP) is 2.77. The third-order valence-corrected chi connectivity index (χ3v) is 5.11. The van der Waals surface area contributed by atoms with Gasteiger partial charge in [0.25, 0.3) is 5.91 Å². The van der Waals surface area contributed by atoms with Crippen molar-refractivity contribution in [3.05, 3.63) is 64.2 Å². The fourth-order valence-electron chi connectivity index (χ4n) is 3.08. The topological polar surface area (TPSA) is 78.5 Å². The second kappa shape index (κ2) is 7.80. The molecule has 0 spiro atoms. The zero-order chi connectivity index (χ0) is 19.6. The number of aryl methyl sites for hydroxylation is 1. The van der Waals surface area contributed by atoms with Crippen LogP contribution in [0, 0.1) is 19.8 Å². The van der Waals surface area contributed by atoms with E-state index in [1.165, 1.54) is 0 Å².